The molecule has 0 aliphatic heterocycles. The molecule has 7 heteroatoms. The fourth-order valence-corrected chi connectivity index (χ4v) is 0. The Balaban J connectivity index is -0.0000000800. The third-order valence-electron chi connectivity index (χ3n) is 0. The van der Waals surface area contributed by atoms with Gasteiger partial charge in [-0.1, -0.05) is 0 Å². The monoisotopic (exact) mass is 172 g/mol. The van der Waals surface area contributed by atoms with Gasteiger partial charge < -0.3 is 0 Å². The van der Waals surface area contributed by atoms with E-state index in [-0.39, 0.29) is 61.3 Å². The molecule has 1 atom stereocenters. The molecule has 7 heavy (non-hydrogen) atoms. The van der Waals surface area contributed by atoms with Crippen molar-refractivity contribution in [3.05, 3.63) is 0 Å². The molecule has 0 rings (SSSR count). The zero-order valence-corrected chi connectivity index (χ0v) is 5.06. The molecular formula is H6KO4PS. The molecule has 0 fully saturated rings. The van der Waals surface area contributed by atoms with Crippen molar-refractivity contribution in [3.63, 3.8) is 0 Å². The first kappa shape index (κ1) is 16.0. The molecule has 0 bridgehead atoms. The van der Waals surface area contributed by atoms with Gasteiger partial charge in [0.25, 0.3) is 0 Å². The van der Waals surface area contributed by atoms with Gasteiger partial charge in [-0.05, 0) is 0 Å². The van der Waals surface area contributed by atoms with Gasteiger partial charge in [0.1, 0.15) is 0 Å². The van der Waals surface area contributed by atoms with Crippen molar-refractivity contribution in [3.8, 4) is 0 Å². The van der Waals surface area contributed by atoms with Gasteiger partial charge in [-0.2, -0.15) is 18.3 Å². The van der Waals surface area contributed by atoms with Crippen LogP contribution in [0.25, 0.3) is 0 Å². The second-order valence-electron chi connectivity index (χ2n) is 0.448. The van der Waals surface area contributed by atoms with Crippen LogP contribution in [0.1, 0.15) is 0 Å². The van der Waals surface area contributed by atoms with Crippen LogP contribution < -0.4 is 0 Å². The first-order chi connectivity index (χ1) is 2.00. The van der Waals surface area contributed by atoms with E-state index in [0.717, 1.165) is 0 Å². The molecule has 0 heterocycles. The Morgan fingerprint density at radius 3 is 1.14 bits per heavy atom. The molecule has 1 unspecified atom stereocenters. The third-order valence-corrected chi connectivity index (χ3v) is 0. The molecule has 0 aromatic rings. The molecule has 0 aromatic heterocycles. The summed E-state index contributed by atoms with van der Waals surface area (Å²) < 4.78 is 31.6. The number of hydrogen-bond donors (Lipinski definition) is 2. The minimum atomic E-state index is -4.67. The molecule has 0 aromatic carbocycles. The summed E-state index contributed by atoms with van der Waals surface area (Å²) in [7, 11) is -4.67. The van der Waals surface area contributed by atoms with E-state index >= 15 is 0 Å². The molecule has 0 saturated carbocycles. The first-order valence-electron chi connectivity index (χ1n) is 0.698. The Morgan fingerprint density at radius 2 is 1.14 bits per heavy atom. The van der Waals surface area contributed by atoms with Crippen LogP contribution in [0.4, 0.5) is 0 Å². The van der Waals surface area contributed by atoms with Crippen molar-refractivity contribution in [1.82, 2.24) is 0 Å². The van der Waals surface area contributed by atoms with Gasteiger partial charge in [0, 0.05) is 0 Å². The van der Waals surface area contributed by atoms with E-state index in [4.69, 9.17) is 17.5 Å². The summed E-state index contributed by atoms with van der Waals surface area (Å²) in [6.07, 6.45) is 0. The zero-order valence-electron chi connectivity index (χ0n) is 2.83. The molecule has 0 saturated heterocycles. The van der Waals surface area contributed by atoms with E-state index in [1.54, 1.807) is 0 Å². The summed E-state index contributed by atoms with van der Waals surface area (Å²) in [6.45, 7) is 0. The van der Waals surface area contributed by atoms with Crippen LogP contribution in [0, 0.1) is 0 Å². The summed E-state index contributed by atoms with van der Waals surface area (Å²) in [5.74, 6) is 0. The van der Waals surface area contributed by atoms with Crippen LogP contribution in [0.5, 0.6) is 0 Å². The topological polar surface area (TPSA) is 74.6 Å². The second kappa shape index (κ2) is 6.06. The predicted octanol–water partition coefficient (Wildman–Crippen LogP) is -1.24. The fourth-order valence-electron chi connectivity index (χ4n) is 0. The van der Waals surface area contributed by atoms with Gasteiger partial charge in [-0.25, -0.2) is 0 Å². The molecule has 0 spiro atoms. The van der Waals surface area contributed by atoms with Crippen LogP contribution in [0.3, 0.4) is 0 Å². The molecule has 4 nitrogen and oxygen atoms in total. The summed E-state index contributed by atoms with van der Waals surface area (Å²) in [5.41, 5.74) is 0. The quantitative estimate of drug-likeness (QED) is 0.272. The summed E-state index contributed by atoms with van der Waals surface area (Å²) in [5, 5.41) is 0. The Bertz CT molecular complexity index is 94.9. The molecular weight excluding hydrogens is 166 g/mol. The van der Waals surface area contributed by atoms with Gasteiger partial charge in [-0.15, -0.1) is 0 Å². The van der Waals surface area contributed by atoms with Crippen LogP contribution in [-0.2, 0) is 10.4 Å². The third kappa shape index (κ3) is 74.6. The van der Waals surface area contributed by atoms with Gasteiger partial charge in [0.15, 0.2) is 0 Å². The SMILES string of the molecule is O=S(=O)(O)O.P.[KH]. The maximum absolute atomic E-state index is 8.74. The van der Waals surface area contributed by atoms with Crippen LogP contribution in [-0.4, -0.2) is 68.9 Å². The Morgan fingerprint density at radius 1 is 1.14 bits per heavy atom. The average molecular weight is 172 g/mol. The van der Waals surface area contributed by atoms with E-state index < -0.39 is 10.4 Å². The molecule has 2 N–H and O–H groups in total. The van der Waals surface area contributed by atoms with Crippen LogP contribution >= 0.6 is 9.90 Å². The predicted molar refractivity (Wildman–Crippen MR) is 32.4 cm³/mol. The van der Waals surface area contributed by atoms with Crippen molar-refractivity contribution >= 4 is 71.7 Å². The maximum atomic E-state index is 8.74. The van der Waals surface area contributed by atoms with Crippen LogP contribution in [0.2, 0.25) is 0 Å². The Hall–Kier alpha value is 1.94. The van der Waals surface area contributed by atoms with Crippen molar-refractivity contribution in [1.29, 1.82) is 0 Å². The summed E-state index contributed by atoms with van der Waals surface area (Å²) in [6, 6.07) is 0. The van der Waals surface area contributed by atoms with Crippen molar-refractivity contribution in [2.45, 2.75) is 0 Å². The Kier molecular flexibility index (Phi) is 13.8. The molecule has 0 aliphatic carbocycles. The van der Waals surface area contributed by atoms with Crippen LogP contribution in [0.15, 0.2) is 0 Å². The molecule has 0 radical (unpaired) electrons. The zero-order chi connectivity index (χ0) is 4.50. The van der Waals surface area contributed by atoms with Crippen molar-refractivity contribution < 1.29 is 17.5 Å². The molecule has 0 amide bonds. The van der Waals surface area contributed by atoms with Gasteiger partial charge >= 0.3 is 61.8 Å². The van der Waals surface area contributed by atoms with Gasteiger partial charge in [0.2, 0.25) is 0 Å². The summed E-state index contributed by atoms with van der Waals surface area (Å²) >= 11 is 0. The normalized spacial score (nSPS) is 8.29. The molecule has 42 valence electrons. The fraction of sp³-hybridized carbons (Fsp3) is 0. The van der Waals surface area contributed by atoms with Crippen molar-refractivity contribution in [2.75, 3.05) is 0 Å². The summed E-state index contributed by atoms with van der Waals surface area (Å²) in [4.78, 5) is 0. The Labute approximate surface area is 87.7 Å². The van der Waals surface area contributed by atoms with Crippen molar-refractivity contribution in [2.24, 2.45) is 0 Å². The average Bonchev–Trinajstić information content (AvgIpc) is 0.722. The van der Waals surface area contributed by atoms with E-state index in [0.29, 0.717) is 0 Å². The second-order valence-corrected chi connectivity index (χ2v) is 1.34. The van der Waals surface area contributed by atoms with Gasteiger partial charge in [0.05, 0.1) is 0 Å². The minimum absolute atomic E-state index is 0. The van der Waals surface area contributed by atoms with E-state index in [1.807, 2.05) is 0 Å². The van der Waals surface area contributed by atoms with E-state index in [9.17, 15) is 0 Å². The first-order valence-corrected chi connectivity index (χ1v) is 2.10. The van der Waals surface area contributed by atoms with Gasteiger partial charge in [-0.3, -0.25) is 9.11 Å². The van der Waals surface area contributed by atoms with E-state index in [1.165, 1.54) is 0 Å². The number of rotatable bonds is 0. The molecule has 0 aliphatic rings. The van der Waals surface area contributed by atoms with E-state index in [2.05, 4.69) is 0 Å². The standard InChI is InChI=1S/K.H2O4S.H3P.H/c;1-5(2,3)4;;/h;(H2,1,2,3,4);1H3;. The number of hydrogen-bond acceptors (Lipinski definition) is 2.